The lowest BCUT2D eigenvalue weighted by atomic mass is 9.96. The number of aliphatic hydroxyl groups is 1. The highest BCUT2D eigenvalue weighted by Gasteiger charge is 2.36. The first-order valence-corrected chi connectivity index (χ1v) is 6.59. The van der Waals surface area contributed by atoms with E-state index in [2.05, 4.69) is 19.2 Å². The van der Waals surface area contributed by atoms with Gasteiger partial charge in [0.25, 0.3) is 0 Å². The maximum Gasteiger partial charge on any atom is 0.0474 e. The fraction of sp³-hybridized carbons (Fsp3) is 1.00. The number of hydrogen-bond acceptors (Lipinski definition) is 2. The molecule has 0 saturated heterocycles. The fourth-order valence-electron chi connectivity index (χ4n) is 3.05. The standard InChI is InChI=1S/C13H25NO/c1-9(2)13(10-6-7-10)14-12-5-3-4-11(12)8-15/h9-15H,3-8H2,1-2H3. The average Bonchev–Trinajstić information content (AvgIpc) is 2.93. The molecule has 2 heteroatoms. The van der Waals surface area contributed by atoms with Gasteiger partial charge in [-0.15, -0.1) is 0 Å². The molecule has 2 fully saturated rings. The van der Waals surface area contributed by atoms with Crippen molar-refractivity contribution in [2.45, 2.75) is 58.0 Å². The minimum Gasteiger partial charge on any atom is -0.396 e. The van der Waals surface area contributed by atoms with E-state index >= 15 is 0 Å². The van der Waals surface area contributed by atoms with Crippen LogP contribution in [0.5, 0.6) is 0 Å². The van der Waals surface area contributed by atoms with Crippen LogP contribution in [0.2, 0.25) is 0 Å². The van der Waals surface area contributed by atoms with Gasteiger partial charge in [-0.05, 0) is 43.4 Å². The molecule has 0 aromatic carbocycles. The Bertz CT molecular complexity index is 199. The van der Waals surface area contributed by atoms with Crippen LogP contribution in [0.1, 0.15) is 46.0 Å². The normalized spacial score (nSPS) is 33.6. The number of nitrogens with one attached hydrogen (secondary N) is 1. The predicted molar refractivity (Wildman–Crippen MR) is 62.7 cm³/mol. The minimum absolute atomic E-state index is 0.368. The van der Waals surface area contributed by atoms with Crippen LogP contribution in [-0.2, 0) is 0 Å². The summed E-state index contributed by atoms with van der Waals surface area (Å²) in [5.41, 5.74) is 0. The van der Waals surface area contributed by atoms with E-state index in [4.69, 9.17) is 0 Å². The third kappa shape index (κ3) is 2.73. The zero-order valence-electron chi connectivity index (χ0n) is 10.1. The summed E-state index contributed by atoms with van der Waals surface area (Å²) in [5.74, 6) is 2.17. The van der Waals surface area contributed by atoms with Crippen LogP contribution in [0.4, 0.5) is 0 Å². The molecule has 0 aromatic rings. The zero-order valence-corrected chi connectivity index (χ0v) is 10.1. The number of rotatable bonds is 5. The van der Waals surface area contributed by atoms with E-state index in [0.29, 0.717) is 24.6 Å². The van der Waals surface area contributed by atoms with Gasteiger partial charge in [0.2, 0.25) is 0 Å². The second-order valence-corrected chi connectivity index (χ2v) is 5.75. The van der Waals surface area contributed by atoms with Crippen molar-refractivity contribution in [2.75, 3.05) is 6.61 Å². The summed E-state index contributed by atoms with van der Waals surface area (Å²) in [6.45, 7) is 5.00. The average molecular weight is 211 g/mol. The first kappa shape index (κ1) is 11.4. The number of hydrogen-bond donors (Lipinski definition) is 2. The van der Waals surface area contributed by atoms with Crippen molar-refractivity contribution in [1.82, 2.24) is 5.32 Å². The van der Waals surface area contributed by atoms with E-state index in [9.17, 15) is 5.11 Å². The van der Waals surface area contributed by atoms with Gasteiger partial charge < -0.3 is 10.4 Å². The molecule has 2 N–H and O–H groups in total. The van der Waals surface area contributed by atoms with Crippen LogP contribution < -0.4 is 5.32 Å². The van der Waals surface area contributed by atoms with E-state index in [1.54, 1.807) is 0 Å². The van der Waals surface area contributed by atoms with Gasteiger partial charge in [-0.1, -0.05) is 20.3 Å². The summed E-state index contributed by atoms with van der Waals surface area (Å²) >= 11 is 0. The van der Waals surface area contributed by atoms with Crippen molar-refractivity contribution >= 4 is 0 Å². The zero-order chi connectivity index (χ0) is 10.8. The molecule has 0 spiro atoms. The van der Waals surface area contributed by atoms with Gasteiger partial charge in [-0.25, -0.2) is 0 Å². The van der Waals surface area contributed by atoms with Crippen molar-refractivity contribution in [1.29, 1.82) is 0 Å². The molecule has 3 atom stereocenters. The third-order valence-corrected chi connectivity index (χ3v) is 4.15. The first-order chi connectivity index (χ1) is 7.22. The molecule has 0 aromatic heterocycles. The summed E-state index contributed by atoms with van der Waals surface area (Å²) in [4.78, 5) is 0. The molecule has 2 aliphatic rings. The van der Waals surface area contributed by atoms with Crippen molar-refractivity contribution in [2.24, 2.45) is 17.8 Å². The molecule has 0 amide bonds. The van der Waals surface area contributed by atoms with Gasteiger partial charge in [-0.2, -0.15) is 0 Å². The van der Waals surface area contributed by atoms with Gasteiger partial charge in [0.15, 0.2) is 0 Å². The van der Waals surface area contributed by atoms with Gasteiger partial charge in [0, 0.05) is 18.7 Å². The Morgan fingerprint density at radius 2 is 1.93 bits per heavy atom. The summed E-state index contributed by atoms with van der Waals surface area (Å²) in [7, 11) is 0. The smallest absolute Gasteiger partial charge is 0.0474 e. The van der Waals surface area contributed by atoms with E-state index in [1.807, 2.05) is 0 Å². The van der Waals surface area contributed by atoms with Crippen LogP contribution in [-0.4, -0.2) is 23.8 Å². The van der Waals surface area contributed by atoms with Crippen LogP contribution >= 0.6 is 0 Å². The minimum atomic E-state index is 0.368. The first-order valence-electron chi connectivity index (χ1n) is 6.59. The monoisotopic (exact) mass is 211 g/mol. The highest BCUT2D eigenvalue weighted by molar-refractivity contribution is 4.93. The number of aliphatic hydroxyl groups excluding tert-OH is 1. The highest BCUT2D eigenvalue weighted by Crippen LogP contribution is 2.37. The summed E-state index contributed by atoms with van der Waals surface area (Å²) in [5, 5.41) is 13.1. The molecule has 2 saturated carbocycles. The van der Waals surface area contributed by atoms with Crippen LogP contribution in [0.15, 0.2) is 0 Å². The second-order valence-electron chi connectivity index (χ2n) is 5.75. The Labute approximate surface area is 93.5 Å². The molecule has 2 nitrogen and oxygen atoms in total. The Kier molecular flexibility index (Phi) is 3.68. The molecule has 15 heavy (non-hydrogen) atoms. The predicted octanol–water partition coefficient (Wildman–Crippen LogP) is 2.17. The van der Waals surface area contributed by atoms with Crippen molar-refractivity contribution < 1.29 is 5.11 Å². The molecule has 88 valence electrons. The van der Waals surface area contributed by atoms with Gasteiger partial charge in [0.05, 0.1) is 0 Å². The summed E-state index contributed by atoms with van der Waals surface area (Å²) in [6, 6.07) is 1.28. The molecule has 0 radical (unpaired) electrons. The van der Waals surface area contributed by atoms with E-state index in [0.717, 1.165) is 11.8 Å². The Hall–Kier alpha value is -0.0800. The molecular weight excluding hydrogens is 186 g/mol. The SMILES string of the molecule is CC(C)C(NC1CCCC1CO)C1CC1. The van der Waals surface area contributed by atoms with Crippen molar-refractivity contribution in [3.05, 3.63) is 0 Å². The lowest BCUT2D eigenvalue weighted by Crippen LogP contribution is -2.45. The fourth-order valence-corrected chi connectivity index (χ4v) is 3.05. The third-order valence-electron chi connectivity index (χ3n) is 4.15. The van der Waals surface area contributed by atoms with Crippen molar-refractivity contribution in [3.63, 3.8) is 0 Å². The molecule has 0 aliphatic heterocycles. The van der Waals surface area contributed by atoms with Crippen LogP contribution in [0, 0.1) is 17.8 Å². The maximum atomic E-state index is 9.30. The van der Waals surface area contributed by atoms with Crippen LogP contribution in [0.3, 0.4) is 0 Å². The highest BCUT2D eigenvalue weighted by atomic mass is 16.3. The second kappa shape index (κ2) is 4.84. The quantitative estimate of drug-likeness (QED) is 0.730. The van der Waals surface area contributed by atoms with Crippen molar-refractivity contribution in [3.8, 4) is 0 Å². The molecule has 3 unspecified atom stereocenters. The van der Waals surface area contributed by atoms with E-state index in [1.165, 1.54) is 32.1 Å². The molecular formula is C13H25NO. The lowest BCUT2D eigenvalue weighted by Gasteiger charge is -2.29. The molecule has 2 rings (SSSR count). The van der Waals surface area contributed by atoms with E-state index in [-0.39, 0.29) is 0 Å². The van der Waals surface area contributed by atoms with Crippen LogP contribution in [0.25, 0.3) is 0 Å². The van der Waals surface area contributed by atoms with Gasteiger partial charge in [0.1, 0.15) is 0 Å². The Balaban J connectivity index is 1.87. The molecule has 0 heterocycles. The summed E-state index contributed by atoms with van der Waals surface area (Å²) < 4.78 is 0. The van der Waals surface area contributed by atoms with E-state index < -0.39 is 0 Å². The lowest BCUT2D eigenvalue weighted by molar-refractivity contribution is 0.189. The largest absolute Gasteiger partial charge is 0.396 e. The molecule has 0 bridgehead atoms. The topological polar surface area (TPSA) is 32.3 Å². The summed E-state index contributed by atoms with van der Waals surface area (Å²) in [6.07, 6.45) is 6.59. The molecule has 2 aliphatic carbocycles. The maximum absolute atomic E-state index is 9.30. The van der Waals surface area contributed by atoms with Gasteiger partial charge in [-0.3, -0.25) is 0 Å². The van der Waals surface area contributed by atoms with Gasteiger partial charge >= 0.3 is 0 Å². The Morgan fingerprint density at radius 3 is 2.47 bits per heavy atom. The Morgan fingerprint density at radius 1 is 1.20 bits per heavy atom.